The van der Waals surface area contributed by atoms with Crippen LogP contribution in [0.2, 0.25) is 5.02 Å². The standard InChI is InChI=1S/C9H5ClF3NO3/c1-4(15)5-2-8(14(16)17)6(3-7(5)10)9(11,12)13/h2-3H,1H3. The van der Waals surface area contributed by atoms with E-state index in [0.29, 0.717) is 12.1 Å². The van der Waals surface area contributed by atoms with Gasteiger partial charge >= 0.3 is 6.18 Å². The zero-order valence-electron chi connectivity index (χ0n) is 8.34. The maximum Gasteiger partial charge on any atom is 0.423 e. The van der Waals surface area contributed by atoms with Crippen LogP contribution in [-0.2, 0) is 6.18 Å². The van der Waals surface area contributed by atoms with Gasteiger partial charge in [0.15, 0.2) is 5.78 Å². The zero-order valence-corrected chi connectivity index (χ0v) is 9.09. The smallest absolute Gasteiger partial charge is 0.294 e. The molecule has 0 amide bonds. The van der Waals surface area contributed by atoms with Crippen molar-refractivity contribution in [3.8, 4) is 0 Å². The van der Waals surface area contributed by atoms with Gasteiger partial charge in [-0.2, -0.15) is 13.2 Å². The third-order valence-corrected chi connectivity index (χ3v) is 2.28. The van der Waals surface area contributed by atoms with Gasteiger partial charge in [-0.1, -0.05) is 11.6 Å². The summed E-state index contributed by atoms with van der Waals surface area (Å²) in [6.45, 7) is 1.05. The lowest BCUT2D eigenvalue weighted by atomic mass is 10.1. The van der Waals surface area contributed by atoms with Crippen molar-refractivity contribution in [2.45, 2.75) is 13.1 Å². The minimum atomic E-state index is -4.90. The summed E-state index contributed by atoms with van der Waals surface area (Å²) < 4.78 is 37.4. The molecule has 0 unspecified atom stereocenters. The Hall–Kier alpha value is -1.63. The molecule has 0 atom stereocenters. The number of ketones is 1. The number of nitro groups is 1. The average molecular weight is 268 g/mol. The maximum atomic E-state index is 12.5. The van der Waals surface area contributed by atoms with E-state index in [1.807, 2.05) is 0 Å². The van der Waals surface area contributed by atoms with Gasteiger partial charge in [0.1, 0.15) is 5.56 Å². The normalized spacial score (nSPS) is 11.4. The molecule has 0 aliphatic heterocycles. The van der Waals surface area contributed by atoms with E-state index in [1.165, 1.54) is 0 Å². The second kappa shape index (κ2) is 4.33. The summed E-state index contributed by atoms with van der Waals surface area (Å²) in [6, 6.07) is 0.921. The topological polar surface area (TPSA) is 60.2 Å². The summed E-state index contributed by atoms with van der Waals surface area (Å²) in [6.07, 6.45) is -4.90. The lowest BCUT2D eigenvalue weighted by Crippen LogP contribution is -2.10. The number of alkyl halides is 3. The number of hydrogen-bond acceptors (Lipinski definition) is 3. The Morgan fingerprint density at radius 3 is 2.29 bits per heavy atom. The number of hydrogen-bond donors (Lipinski definition) is 0. The number of carbonyl (C=O) groups is 1. The third-order valence-electron chi connectivity index (χ3n) is 1.97. The number of benzene rings is 1. The number of carbonyl (C=O) groups excluding carboxylic acids is 1. The molecule has 0 bridgehead atoms. The van der Waals surface area contributed by atoms with Crippen LogP contribution in [0.4, 0.5) is 18.9 Å². The molecule has 0 aliphatic carbocycles. The van der Waals surface area contributed by atoms with Crippen molar-refractivity contribution < 1.29 is 22.9 Å². The lowest BCUT2D eigenvalue weighted by molar-refractivity contribution is -0.388. The molecule has 1 rings (SSSR count). The van der Waals surface area contributed by atoms with Gasteiger partial charge < -0.3 is 0 Å². The van der Waals surface area contributed by atoms with Crippen LogP contribution in [0.3, 0.4) is 0 Å². The monoisotopic (exact) mass is 267 g/mol. The first-order valence-electron chi connectivity index (χ1n) is 4.20. The van der Waals surface area contributed by atoms with Gasteiger partial charge in [-0.3, -0.25) is 14.9 Å². The molecule has 0 fully saturated rings. The molecule has 0 heterocycles. The van der Waals surface area contributed by atoms with Crippen LogP contribution < -0.4 is 0 Å². The van der Waals surface area contributed by atoms with Crippen molar-refractivity contribution in [1.29, 1.82) is 0 Å². The summed E-state index contributed by atoms with van der Waals surface area (Å²) in [4.78, 5) is 20.3. The van der Waals surface area contributed by atoms with Crippen molar-refractivity contribution in [3.63, 3.8) is 0 Å². The largest absolute Gasteiger partial charge is 0.423 e. The molecule has 0 aliphatic rings. The molecule has 92 valence electrons. The Balaban J connectivity index is 3.58. The summed E-state index contributed by atoms with van der Waals surface area (Å²) in [7, 11) is 0. The van der Waals surface area contributed by atoms with Crippen LogP contribution in [0.5, 0.6) is 0 Å². The van der Waals surface area contributed by atoms with Crippen molar-refractivity contribution >= 4 is 23.1 Å². The van der Waals surface area contributed by atoms with Crippen molar-refractivity contribution in [2.75, 3.05) is 0 Å². The highest BCUT2D eigenvalue weighted by molar-refractivity contribution is 6.34. The summed E-state index contributed by atoms with van der Waals surface area (Å²) in [5.41, 5.74) is -2.98. The Morgan fingerprint density at radius 1 is 1.41 bits per heavy atom. The van der Waals surface area contributed by atoms with Crippen LogP contribution in [0, 0.1) is 10.1 Å². The lowest BCUT2D eigenvalue weighted by Gasteiger charge is -2.09. The Kier molecular flexibility index (Phi) is 3.42. The van der Waals surface area contributed by atoms with Gasteiger partial charge in [0.05, 0.1) is 9.95 Å². The molecule has 0 saturated carbocycles. The van der Waals surface area contributed by atoms with E-state index < -0.39 is 33.2 Å². The molecule has 4 nitrogen and oxygen atoms in total. The van der Waals surface area contributed by atoms with Crippen LogP contribution in [0.1, 0.15) is 22.8 Å². The SMILES string of the molecule is CC(=O)c1cc([N+](=O)[O-])c(C(F)(F)F)cc1Cl. The highest BCUT2D eigenvalue weighted by atomic mass is 35.5. The molecule has 1 aromatic carbocycles. The van der Waals surface area contributed by atoms with E-state index in [2.05, 4.69) is 0 Å². The van der Waals surface area contributed by atoms with Gasteiger partial charge in [0.25, 0.3) is 5.69 Å². The van der Waals surface area contributed by atoms with E-state index in [1.54, 1.807) is 0 Å². The Labute approximate surface area is 98.1 Å². The fraction of sp³-hybridized carbons (Fsp3) is 0.222. The van der Waals surface area contributed by atoms with E-state index in [9.17, 15) is 28.1 Å². The molecule has 8 heteroatoms. The summed E-state index contributed by atoms with van der Waals surface area (Å²) >= 11 is 5.46. The summed E-state index contributed by atoms with van der Waals surface area (Å²) in [5.74, 6) is -0.646. The first-order chi connectivity index (χ1) is 7.64. The number of rotatable bonds is 2. The van der Waals surface area contributed by atoms with Gasteiger partial charge in [0, 0.05) is 11.6 Å². The van der Waals surface area contributed by atoms with Crippen LogP contribution in [0.25, 0.3) is 0 Å². The fourth-order valence-corrected chi connectivity index (χ4v) is 1.51. The predicted octanol–water partition coefficient (Wildman–Crippen LogP) is 3.47. The Morgan fingerprint density at radius 2 is 1.94 bits per heavy atom. The van der Waals surface area contributed by atoms with Crippen LogP contribution in [0.15, 0.2) is 12.1 Å². The molecule has 0 saturated heterocycles. The second-order valence-electron chi connectivity index (χ2n) is 3.16. The molecular formula is C9H5ClF3NO3. The molecule has 17 heavy (non-hydrogen) atoms. The zero-order chi connectivity index (χ0) is 13.4. The van der Waals surface area contributed by atoms with Gasteiger partial charge in [-0.05, 0) is 13.0 Å². The van der Waals surface area contributed by atoms with Crippen molar-refractivity contribution in [3.05, 3.63) is 38.4 Å². The second-order valence-corrected chi connectivity index (χ2v) is 3.57. The molecule has 0 radical (unpaired) electrons. The summed E-state index contributed by atoms with van der Waals surface area (Å²) in [5, 5.41) is 10.0. The number of nitro benzene ring substituents is 1. The Bertz CT molecular complexity index is 499. The predicted molar refractivity (Wildman–Crippen MR) is 53.1 cm³/mol. The van der Waals surface area contributed by atoms with Gasteiger partial charge in [0.2, 0.25) is 0 Å². The van der Waals surface area contributed by atoms with E-state index in [0.717, 1.165) is 6.92 Å². The van der Waals surface area contributed by atoms with Crippen molar-refractivity contribution in [2.24, 2.45) is 0 Å². The molecular weight excluding hydrogens is 263 g/mol. The number of Topliss-reactive ketones (excluding diaryl/α,β-unsaturated/α-hetero) is 1. The van der Waals surface area contributed by atoms with Crippen molar-refractivity contribution in [1.82, 2.24) is 0 Å². The van der Waals surface area contributed by atoms with Gasteiger partial charge in [-0.25, -0.2) is 0 Å². The number of nitrogens with zero attached hydrogens (tertiary/aromatic N) is 1. The minimum absolute atomic E-state index is 0.314. The maximum absolute atomic E-state index is 12.5. The minimum Gasteiger partial charge on any atom is -0.294 e. The number of halogens is 4. The highest BCUT2D eigenvalue weighted by Gasteiger charge is 2.39. The fourth-order valence-electron chi connectivity index (χ4n) is 1.21. The quantitative estimate of drug-likeness (QED) is 0.468. The average Bonchev–Trinajstić information content (AvgIpc) is 2.14. The molecule has 0 aromatic heterocycles. The highest BCUT2D eigenvalue weighted by Crippen LogP contribution is 2.39. The first-order valence-corrected chi connectivity index (χ1v) is 4.58. The van der Waals surface area contributed by atoms with E-state index in [4.69, 9.17) is 11.6 Å². The van der Waals surface area contributed by atoms with E-state index >= 15 is 0 Å². The molecule has 0 spiro atoms. The van der Waals surface area contributed by atoms with E-state index in [-0.39, 0.29) is 5.56 Å². The first kappa shape index (κ1) is 13.4. The van der Waals surface area contributed by atoms with Crippen LogP contribution >= 0.6 is 11.6 Å². The molecule has 0 N–H and O–H groups in total. The van der Waals surface area contributed by atoms with Crippen LogP contribution in [-0.4, -0.2) is 10.7 Å². The third kappa shape index (κ3) is 2.73. The molecule has 1 aromatic rings. The van der Waals surface area contributed by atoms with Gasteiger partial charge in [-0.15, -0.1) is 0 Å².